The molecule has 1 heterocycles. The Labute approximate surface area is 238 Å². The summed E-state index contributed by atoms with van der Waals surface area (Å²) in [6, 6.07) is 10.3. The van der Waals surface area contributed by atoms with Gasteiger partial charge in [0.25, 0.3) is 0 Å². The molecule has 5 rings (SSSR count). The monoisotopic (exact) mass is 580 g/mol. The fourth-order valence-electron chi connectivity index (χ4n) is 5.33. The summed E-state index contributed by atoms with van der Waals surface area (Å²) < 4.78 is 6.12. The van der Waals surface area contributed by atoms with Gasteiger partial charge in [0.05, 0.1) is 12.2 Å². The average Bonchev–Trinajstić information content (AvgIpc) is 2.91. The Morgan fingerprint density at radius 1 is 0.667 bits per heavy atom. The third-order valence-corrected chi connectivity index (χ3v) is 7.37. The van der Waals surface area contributed by atoms with E-state index in [0.717, 1.165) is 30.3 Å². The predicted octanol–water partition coefficient (Wildman–Crippen LogP) is 2.81. The number of benzene rings is 4. The third kappa shape index (κ3) is 5.04. The van der Waals surface area contributed by atoms with Crippen LogP contribution in [-0.2, 0) is 12.8 Å². The van der Waals surface area contributed by atoms with Crippen molar-refractivity contribution in [2.75, 3.05) is 0 Å². The highest BCUT2D eigenvalue weighted by Gasteiger charge is 2.39. The van der Waals surface area contributed by atoms with Crippen molar-refractivity contribution in [1.29, 1.82) is 0 Å². The lowest BCUT2D eigenvalue weighted by Crippen LogP contribution is -2.32. The molecule has 0 bridgehead atoms. The molecule has 42 heavy (non-hydrogen) atoms. The van der Waals surface area contributed by atoms with E-state index < -0.39 is 82.4 Å². The van der Waals surface area contributed by atoms with Crippen LogP contribution in [0.2, 0.25) is 0 Å². The SMILES string of the molecule is Oc1cc(O)c(C[C@H](O)[C@H](c2ccc(O)c(O)c2)c2c(O)cc(O)c3c2O[C@H](c2ccc(O)c(O)c2)[C@@H](O)C3)c(O)c1. The van der Waals surface area contributed by atoms with Crippen LogP contribution in [0.15, 0.2) is 54.6 Å². The molecular weight excluding hydrogens is 552 g/mol. The molecule has 0 amide bonds. The van der Waals surface area contributed by atoms with Crippen LogP contribution >= 0.6 is 0 Å². The molecule has 0 saturated carbocycles. The maximum atomic E-state index is 11.6. The molecule has 0 saturated heterocycles. The molecule has 0 spiro atoms. The lowest BCUT2D eigenvalue weighted by Gasteiger charge is -2.35. The number of rotatable bonds is 6. The van der Waals surface area contributed by atoms with Gasteiger partial charge >= 0.3 is 0 Å². The van der Waals surface area contributed by atoms with E-state index in [-0.39, 0.29) is 40.0 Å². The number of phenols is 9. The van der Waals surface area contributed by atoms with Crippen LogP contribution in [0.5, 0.6) is 57.5 Å². The topological polar surface area (TPSA) is 232 Å². The number of hydrogen-bond donors (Lipinski definition) is 11. The van der Waals surface area contributed by atoms with E-state index in [1.165, 1.54) is 24.3 Å². The highest BCUT2D eigenvalue weighted by atomic mass is 16.5. The van der Waals surface area contributed by atoms with Crippen molar-refractivity contribution in [3.63, 3.8) is 0 Å². The van der Waals surface area contributed by atoms with Crippen molar-refractivity contribution in [3.05, 3.63) is 82.4 Å². The molecular formula is C30H28O12. The summed E-state index contributed by atoms with van der Waals surface area (Å²) in [6.45, 7) is 0. The Morgan fingerprint density at radius 2 is 1.29 bits per heavy atom. The molecule has 12 nitrogen and oxygen atoms in total. The molecule has 0 unspecified atom stereocenters. The molecule has 12 heteroatoms. The summed E-state index contributed by atoms with van der Waals surface area (Å²) in [5, 5.41) is 115. The summed E-state index contributed by atoms with van der Waals surface area (Å²) in [6.07, 6.45) is -4.64. The van der Waals surface area contributed by atoms with Crippen molar-refractivity contribution < 1.29 is 60.9 Å². The van der Waals surface area contributed by atoms with Crippen LogP contribution in [0.4, 0.5) is 0 Å². The number of aliphatic hydroxyl groups excluding tert-OH is 2. The maximum absolute atomic E-state index is 11.6. The zero-order valence-corrected chi connectivity index (χ0v) is 21.7. The number of ether oxygens (including phenoxy) is 1. The molecule has 0 aliphatic carbocycles. The largest absolute Gasteiger partial charge is 0.508 e. The standard InChI is InChI=1S/C30H28O12/c31-14-7-19(34)15(20(35)8-14)9-24(39)27(12-1-3-17(32)22(37)5-12)28-25(40)11-21(36)16-10-26(41)29(42-30(16)28)13-2-4-18(33)23(38)6-13/h1-8,11,24,26-27,29,31-41H,9-10H2/t24-,26-,27-,29+/m0/s1. The first kappa shape index (κ1) is 28.3. The molecule has 4 aromatic carbocycles. The molecule has 0 aromatic heterocycles. The quantitative estimate of drug-likeness (QED) is 0.148. The maximum Gasteiger partial charge on any atom is 0.157 e. The molecule has 0 fully saturated rings. The number of aliphatic hydroxyl groups is 2. The van der Waals surface area contributed by atoms with Gasteiger partial charge in [0.15, 0.2) is 23.0 Å². The molecule has 4 aromatic rings. The molecule has 1 aliphatic heterocycles. The van der Waals surface area contributed by atoms with Crippen molar-refractivity contribution in [1.82, 2.24) is 0 Å². The number of aromatic hydroxyl groups is 9. The minimum absolute atomic E-state index is 0.0741. The zero-order valence-electron chi connectivity index (χ0n) is 21.7. The first-order valence-corrected chi connectivity index (χ1v) is 12.7. The van der Waals surface area contributed by atoms with Gasteiger partial charge in [-0.2, -0.15) is 0 Å². The third-order valence-electron chi connectivity index (χ3n) is 7.37. The van der Waals surface area contributed by atoms with E-state index in [2.05, 4.69) is 0 Å². The number of fused-ring (bicyclic) bond motifs is 1. The summed E-state index contributed by atoms with van der Waals surface area (Å²) >= 11 is 0. The van der Waals surface area contributed by atoms with Crippen molar-refractivity contribution in [2.45, 2.75) is 37.1 Å². The summed E-state index contributed by atoms with van der Waals surface area (Å²) in [5.74, 6) is -5.79. The van der Waals surface area contributed by atoms with E-state index in [1.807, 2.05) is 0 Å². The van der Waals surface area contributed by atoms with Crippen LogP contribution in [-0.4, -0.2) is 68.4 Å². The second kappa shape index (κ2) is 10.7. The van der Waals surface area contributed by atoms with Crippen LogP contribution in [0.25, 0.3) is 0 Å². The predicted molar refractivity (Wildman–Crippen MR) is 145 cm³/mol. The van der Waals surface area contributed by atoms with Gasteiger partial charge in [0.2, 0.25) is 0 Å². The minimum atomic E-state index is -1.58. The second-order valence-electron chi connectivity index (χ2n) is 10.2. The molecule has 4 atom stereocenters. The lowest BCUT2D eigenvalue weighted by molar-refractivity contribution is 0.0181. The van der Waals surface area contributed by atoms with E-state index in [9.17, 15) is 56.2 Å². The van der Waals surface area contributed by atoms with Crippen molar-refractivity contribution in [3.8, 4) is 57.5 Å². The van der Waals surface area contributed by atoms with E-state index in [0.29, 0.717) is 0 Å². The minimum Gasteiger partial charge on any atom is -0.508 e. The highest BCUT2D eigenvalue weighted by molar-refractivity contribution is 5.62. The normalized spacial score (nSPS) is 17.7. The van der Waals surface area contributed by atoms with Gasteiger partial charge in [-0.15, -0.1) is 0 Å². The Morgan fingerprint density at radius 3 is 1.90 bits per heavy atom. The fourth-order valence-corrected chi connectivity index (χ4v) is 5.33. The van der Waals surface area contributed by atoms with Crippen LogP contribution in [0, 0.1) is 0 Å². The summed E-state index contributed by atoms with van der Waals surface area (Å²) in [7, 11) is 0. The van der Waals surface area contributed by atoms with Gasteiger partial charge in [0, 0.05) is 53.6 Å². The van der Waals surface area contributed by atoms with Gasteiger partial charge in [-0.1, -0.05) is 12.1 Å². The Balaban J connectivity index is 1.68. The first-order valence-electron chi connectivity index (χ1n) is 12.7. The average molecular weight is 581 g/mol. The van der Waals surface area contributed by atoms with Gasteiger partial charge in [-0.25, -0.2) is 0 Å². The Hall–Kier alpha value is -5.20. The zero-order chi connectivity index (χ0) is 30.5. The Kier molecular flexibility index (Phi) is 7.19. The smallest absolute Gasteiger partial charge is 0.157 e. The lowest BCUT2D eigenvalue weighted by atomic mass is 9.80. The van der Waals surface area contributed by atoms with Crippen LogP contribution < -0.4 is 4.74 Å². The van der Waals surface area contributed by atoms with Gasteiger partial charge in [-0.3, -0.25) is 0 Å². The molecule has 1 aliphatic rings. The van der Waals surface area contributed by atoms with E-state index in [1.54, 1.807) is 0 Å². The first-order chi connectivity index (χ1) is 19.8. The number of hydrogen-bond acceptors (Lipinski definition) is 12. The van der Waals surface area contributed by atoms with Crippen molar-refractivity contribution >= 4 is 0 Å². The van der Waals surface area contributed by atoms with Crippen LogP contribution in [0.1, 0.15) is 39.8 Å². The second-order valence-corrected chi connectivity index (χ2v) is 10.2. The molecule has 220 valence electrons. The van der Waals surface area contributed by atoms with Crippen LogP contribution in [0.3, 0.4) is 0 Å². The summed E-state index contributed by atoms with van der Waals surface area (Å²) in [5.41, 5.74) is 0.222. The van der Waals surface area contributed by atoms with E-state index >= 15 is 0 Å². The number of phenolic OH excluding ortho intramolecular Hbond substituents is 9. The Bertz CT molecular complexity index is 1640. The van der Waals surface area contributed by atoms with E-state index in [4.69, 9.17) is 4.74 Å². The van der Waals surface area contributed by atoms with Gasteiger partial charge < -0.3 is 60.9 Å². The van der Waals surface area contributed by atoms with Crippen molar-refractivity contribution in [2.24, 2.45) is 0 Å². The molecule has 0 radical (unpaired) electrons. The van der Waals surface area contributed by atoms with Gasteiger partial charge in [-0.05, 0) is 35.4 Å². The highest BCUT2D eigenvalue weighted by Crippen LogP contribution is 2.51. The summed E-state index contributed by atoms with van der Waals surface area (Å²) in [4.78, 5) is 0. The van der Waals surface area contributed by atoms with Gasteiger partial charge in [0.1, 0.15) is 40.6 Å². The molecule has 11 N–H and O–H groups in total. The fraction of sp³-hybridized carbons (Fsp3) is 0.200.